The van der Waals surface area contributed by atoms with E-state index in [2.05, 4.69) is 51.8 Å². The number of nitrogens with zero attached hydrogens (tertiary/aromatic N) is 3. The highest BCUT2D eigenvalue weighted by atomic mass is 32.1. The van der Waals surface area contributed by atoms with E-state index in [-0.39, 0.29) is 0 Å². The van der Waals surface area contributed by atoms with Crippen LogP contribution in [0.3, 0.4) is 0 Å². The van der Waals surface area contributed by atoms with E-state index >= 15 is 0 Å². The molecule has 0 saturated carbocycles. The Morgan fingerprint density at radius 3 is 2.67 bits per heavy atom. The Kier molecular flexibility index (Phi) is 2.23. The second-order valence-electron chi connectivity index (χ2n) is 5.95. The van der Waals surface area contributed by atoms with Crippen LogP contribution in [0.25, 0.3) is 47.6 Å². The first kappa shape index (κ1) is 12.4. The number of hydrogen-bond acceptors (Lipinski definition) is 3. The van der Waals surface area contributed by atoms with Crippen molar-refractivity contribution in [3.63, 3.8) is 0 Å². The van der Waals surface area contributed by atoms with E-state index in [0.717, 1.165) is 22.1 Å². The molecule has 4 aromatic heterocycles. The van der Waals surface area contributed by atoms with Crippen molar-refractivity contribution >= 4 is 59.0 Å². The van der Waals surface area contributed by atoms with Gasteiger partial charge in [-0.2, -0.15) is 0 Å². The predicted octanol–water partition coefficient (Wildman–Crippen LogP) is 5.40. The average Bonchev–Trinajstić information content (AvgIpc) is 3.26. The summed E-state index contributed by atoms with van der Waals surface area (Å²) in [5.74, 6) is 0. The topological polar surface area (TPSA) is 30.2 Å². The number of hydrogen-bond donors (Lipinski definition) is 0. The number of benzene rings is 2. The molecule has 0 aliphatic rings. The molecule has 0 spiro atoms. The smallest absolute Gasteiger partial charge is 0.146 e. The number of pyridine rings is 2. The molecule has 0 N–H and O–H groups in total. The molecular formula is C20H11N3S. The molecule has 0 unspecified atom stereocenters. The summed E-state index contributed by atoms with van der Waals surface area (Å²) in [6.07, 6.45) is 5.76. The largest absolute Gasteiger partial charge is 0.299 e. The number of imidazole rings is 1. The monoisotopic (exact) mass is 325 g/mol. The zero-order valence-corrected chi connectivity index (χ0v) is 13.4. The van der Waals surface area contributed by atoms with Crippen LogP contribution >= 0.6 is 11.3 Å². The van der Waals surface area contributed by atoms with Crippen LogP contribution in [-0.4, -0.2) is 14.4 Å². The Hall–Kier alpha value is -2.98. The highest BCUT2D eigenvalue weighted by Crippen LogP contribution is 2.41. The summed E-state index contributed by atoms with van der Waals surface area (Å²) in [5.41, 5.74) is 3.15. The Morgan fingerprint density at radius 2 is 1.67 bits per heavy atom. The maximum atomic E-state index is 4.73. The summed E-state index contributed by atoms with van der Waals surface area (Å²) in [4.78, 5) is 9.28. The molecule has 0 amide bonds. The van der Waals surface area contributed by atoms with Gasteiger partial charge in [0.05, 0.1) is 11.0 Å². The predicted molar refractivity (Wildman–Crippen MR) is 101 cm³/mol. The molecule has 4 heteroatoms. The van der Waals surface area contributed by atoms with Gasteiger partial charge >= 0.3 is 0 Å². The number of aromatic nitrogens is 3. The van der Waals surface area contributed by atoms with Gasteiger partial charge in [-0.15, -0.1) is 11.3 Å². The van der Waals surface area contributed by atoms with Crippen molar-refractivity contribution < 1.29 is 0 Å². The van der Waals surface area contributed by atoms with Crippen LogP contribution in [0.1, 0.15) is 0 Å². The summed E-state index contributed by atoms with van der Waals surface area (Å²) in [6, 6.07) is 17.1. The first-order chi connectivity index (χ1) is 11.9. The molecular weight excluding hydrogens is 314 g/mol. The van der Waals surface area contributed by atoms with Crippen LogP contribution in [0.4, 0.5) is 0 Å². The van der Waals surface area contributed by atoms with Crippen LogP contribution in [0.15, 0.2) is 67.1 Å². The normalized spacial score (nSPS) is 12.2. The van der Waals surface area contributed by atoms with E-state index in [0.29, 0.717) is 0 Å². The molecule has 0 aliphatic carbocycles. The molecule has 24 heavy (non-hydrogen) atoms. The SMILES string of the molecule is c1ccc2c(c1)sc1ccc3c(c4ncccc4c4nccn34)c12. The number of rotatable bonds is 0. The lowest BCUT2D eigenvalue weighted by atomic mass is 10.0. The van der Waals surface area contributed by atoms with Gasteiger partial charge in [0.1, 0.15) is 5.65 Å². The molecule has 3 nitrogen and oxygen atoms in total. The summed E-state index contributed by atoms with van der Waals surface area (Å²) >= 11 is 1.84. The minimum absolute atomic E-state index is 0.962. The first-order valence-electron chi connectivity index (χ1n) is 7.85. The van der Waals surface area contributed by atoms with Crippen molar-refractivity contribution in [3.05, 3.63) is 67.1 Å². The third-order valence-electron chi connectivity index (χ3n) is 4.71. The highest BCUT2D eigenvalue weighted by Gasteiger charge is 2.15. The van der Waals surface area contributed by atoms with Crippen LogP contribution in [0, 0.1) is 0 Å². The van der Waals surface area contributed by atoms with Crippen molar-refractivity contribution in [2.75, 3.05) is 0 Å². The average molecular weight is 325 g/mol. The Bertz CT molecular complexity index is 1410. The Morgan fingerprint density at radius 1 is 0.750 bits per heavy atom. The molecule has 2 aromatic carbocycles. The zero-order chi connectivity index (χ0) is 15.7. The molecule has 0 atom stereocenters. The van der Waals surface area contributed by atoms with Crippen LogP contribution in [0.5, 0.6) is 0 Å². The molecule has 112 valence electrons. The Labute approximate surface area is 140 Å². The fourth-order valence-electron chi connectivity index (χ4n) is 3.73. The van der Waals surface area contributed by atoms with Gasteiger partial charge < -0.3 is 0 Å². The number of fused-ring (bicyclic) bond motifs is 10. The van der Waals surface area contributed by atoms with Crippen molar-refractivity contribution in [2.24, 2.45) is 0 Å². The fourth-order valence-corrected chi connectivity index (χ4v) is 4.84. The standard InChI is InChI=1S/C20H11N3S/c1-2-6-15-12(4-1)17-16(24-15)8-7-14-18(17)19-13(5-3-9-21-19)20-22-10-11-23(14)20/h1-11H. The van der Waals surface area contributed by atoms with Crippen molar-refractivity contribution in [3.8, 4) is 0 Å². The van der Waals surface area contributed by atoms with E-state index in [1.165, 1.54) is 25.6 Å². The zero-order valence-electron chi connectivity index (χ0n) is 12.6. The minimum Gasteiger partial charge on any atom is -0.299 e. The van der Waals surface area contributed by atoms with E-state index in [9.17, 15) is 0 Å². The third-order valence-corrected chi connectivity index (χ3v) is 5.84. The second kappa shape index (κ2) is 4.30. The molecule has 4 heterocycles. The molecule has 0 radical (unpaired) electrons. The summed E-state index contributed by atoms with van der Waals surface area (Å²) in [7, 11) is 0. The first-order valence-corrected chi connectivity index (χ1v) is 8.67. The summed E-state index contributed by atoms with van der Waals surface area (Å²) < 4.78 is 4.79. The van der Waals surface area contributed by atoms with Crippen molar-refractivity contribution in [1.82, 2.24) is 14.4 Å². The second-order valence-corrected chi connectivity index (χ2v) is 7.04. The molecule has 0 fully saturated rings. The lowest BCUT2D eigenvalue weighted by molar-refractivity contribution is 1.27. The fraction of sp³-hybridized carbons (Fsp3) is 0. The van der Waals surface area contributed by atoms with Crippen molar-refractivity contribution in [2.45, 2.75) is 0 Å². The van der Waals surface area contributed by atoms with Gasteiger partial charge in [-0.1, -0.05) is 18.2 Å². The van der Waals surface area contributed by atoms with Gasteiger partial charge in [0.2, 0.25) is 0 Å². The highest BCUT2D eigenvalue weighted by molar-refractivity contribution is 7.26. The van der Waals surface area contributed by atoms with Crippen molar-refractivity contribution in [1.29, 1.82) is 0 Å². The van der Waals surface area contributed by atoms with Gasteiger partial charge in [0, 0.05) is 49.5 Å². The Balaban J connectivity index is 2.07. The van der Waals surface area contributed by atoms with E-state index < -0.39 is 0 Å². The quantitative estimate of drug-likeness (QED) is 0.350. The van der Waals surface area contributed by atoms with Gasteiger partial charge in [0.25, 0.3) is 0 Å². The molecule has 0 saturated heterocycles. The van der Waals surface area contributed by atoms with Gasteiger partial charge in [-0.25, -0.2) is 4.98 Å². The molecule has 6 aromatic rings. The van der Waals surface area contributed by atoms with E-state index in [4.69, 9.17) is 4.98 Å². The third kappa shape index (κ3) is 1.42. The van der Waals surface area contributed by atoms with Gasteiger partial charge in [-0.3, -0.25) is 9.38 Å². The van der Waals surface area contributed by atoms with Gasteiger partial charge in [0.15, 0.2) is 0 Å². The van der Waals surface area contributed by atoms with Crippen LogP contribution < -0.4 is 0 Å². The van der Waals surface area contributed by atoms with Gasteiger partial charge in [-0.05, 0) is 30.3 Å². The lowest BCUT2D eigenvalue weighted by Gasteiger charge is -2.08. The summed E-state index contributed by atoms with van der Waals surface area (Å²) in [5, 5.41) is 4.91. The lowest BCUT2D eigenvalue weighted by Crippen LogP contribution is -1.92. The van der Waals surface area contributed by atoms with E-state index in [1.54, 1.807) is 0 Å². The molecule has 6 rings (SSSR count). The van der Waals surface area contributed by atoms with Crippen LogP contribution in [0.2, 0.25) is 0 Å². The maximum Gasteiger partial charge on any atom is 0.146 e. The maximum absolute atomic E-state index is 4.73. The molecule has 0 aliphatic heterocycles. The van der Waals surface area contributed by atoms with Crippen LogP contribution in [-0.2, 0) is 0 Å². The van der Waals surface area contributed by atoms with E-state index in [1.807, 2.05) is 36.0 Å². The molecule has 0 bridgehead atoms. The summed E-state index contributed by atoms with van der Waals surface area (Å²) in [6.45, 7) is 0. The minimum atomic E-state index is 0.962. The number of thiophene rings is 1.